The summed E-state index contributed by atoms with van der Waals surface area (Å²) in [6.45, 7) is 4.93. The summed E-state index contributed by atoms with van der Waals surface area (Å²) in [5.74, 6) is 0.0775. The van der Waals surface area contributed by atoms with Gasteiger partial charge in [0.2, 0.25) is 10.0 Å². The van der Waals surface area contributed by atoms with E-state index in [0.717, 1.165) is 11.1 Å². The van der Waals surface area contributed by atoms with Gasteiger partial charge in [0.25, 0.3) is 0 Å². The molecule has 0 amide bonds. The van der Waals surface area contributed by atoms with Gasteiger partial charge in [0.05, 0.1) is 16.9 Å². The lowest BCUT2D eigenvalue weighted by Crippen LogP contribution is -2.32. The molecule has 0 aliphatic carbocycles. The second-order valence-electron chi connectivity index (χ2n) is 5.55. The summed E-state index contributed by atoms with van der Waals surface area (Å²) in [5, 5.41) is -1.13. The second kappa shape index (κ2) is 7.08. The van der Waals surface area contributed by atoms with Crippen LogP contribution in [-0.2, 0) is 19.9 Å². The van der Waals surface area contributed by atoms with E-state index < -0.39 is 25.1 Å². The van der Waals surface area contributed by atoms with Gasteiger partial charge in [0, 0.05) is 6.54 Å². The fourth-order valence-electron chi connectivity index (χ4n) is 2.20. The molecule has 8 heteroatoms. The molecule has 2 aromatic rings. The van der Waals surface area contributed by atoms with Crippen molar-refractivity contribution < 1.29 is 21.3 Å². The smallest absolute Gasteiger partial charge is 0.211 e. The zero-order valence-corrected chi connectivity index (χ0v) is 15.4. The lowest BCUT2D eigenvalue weighted by atomic mass is 10.1. The molecule has 1 heterocycles. The lowest BCUT2D eigenvalue weighted by Gasteiger charge is -2.17. The fraction of sp³-hybridized carbons (Fsp3) is 0.375. The van der Waals surface area contributed by atoms with Gasteiger partial charge in [0.15, 0.2) is 9.84 Å². The highest BCUT2D eigenvalue weighted by molar-refractivity contribution is 7.92. The zero-order chi connectivity index (χ0) is 18.0. The topological polar surface area (TPSA) is 93.4 Å². The van der Waals surface area contributed by atoms with E-state index in [1.807, 2.05) is 13.8 Å². The number of aryl methyl sites for hydroxylation is 2. The normalized spacial score (nSPS) is 13.8. The number of nitrogens with one attached hydrogen (secondary N) is 1. The molecule has 0 fully saturated rings. The maximum Gasteiger partial charge on any atom is 0.211 e. The van der Waals surface area contributed by atoms with E-state index in [-0.39, 0.29) is 23.0 Å². The van der Waals surface area contributed by atoms with Gasteiger partial charge in [-0.15, -0.1) is 0 Å². The van der Waals surface area contributed by atoms with Gasteiger partial charge in [-0.05, 0) is 56.2 Å². The molecule has 1 aromatic carbocycles. The first-order valence-corrected chi connectivity index (χ1v) is 10.7. The van der Waals surface area contributed by atoms with E-state index in [4.69, 9.17) is 4.42 Å². The number of sulfone groups is 1. The summed E-state index contributed by atoms with van der Waals surface area (Å²) >= 11 is 0. The Morgan fingerprint density at radius 3 is 2.33 bits per heavy atom. The van der Waals surface area contributed by atoms with Crippen molar-refractivity contribution in [3.8, 4) is 0 Å². The van der Waals surface area contributed by atoms with Crippen LogP contribution in [0, 0.1) is 13.8 Å². The molecule has 0 unspecified atom stereocenters. The second-order valence-corrected chi connectivity index (χ2v) is 9.77. The molecule has 0 aliphatic rings. The molecule has 1 N–H and O–H groups in total. The first-order valence-electron chi connectivity index (χ1n) is 7.49. The summed E-state index contributed by atoms with van der Waals surface area (Å²) in [7, 11) is -7.33. The van der Waals surface area contributed by atoms with Gasteiger partial charge in [-0.3, -0.25) is 0 Å². The minimum absolute atomic E-state index is 0.123. The molecule has 24 heavy (non-hydrogen) atoms. The van der Waals surface area contributed by atoms with E-state index in [9.17, 15) is 16.8 Å². The largest absolute Gasteiger partial charge is 0.468 e. The van der Waals surface area contributed by atoms with Gasteiger partial charge in [0.1, 0.15) is 11.0 Å². The highest BCUT2D eigenvalue weighted by Crippen LogP contribution is 2.30. The third kappa shape index (κ3) is 4.06. The van der Waals surface area contributed by atoms with Crippen LogP contribution < -0.4 is 4.72 Å². The number of rotatable bonds is 7. The highest BCUT2D eigenvalue weighted by Gasteiger charge is 2.32. The Balaban J connectivity index is 2.44. The number of sulfonamides is 1. The zero-order valence-electron chi connectivity index (χ0n) is 13.8. The molecule has 132 valence electrons. The monoisotopic (exact) mass is 371 g/mol. The van der Waals surface area contributed by atoms with Gasteiger partial charge >= 0.3 is 0 Å². The first-order chi connectivity index (χ1) is 11.2. The van der Waals surface area contributed by atoms with Crippen LogP contribution in [0.5, 0.6) is 0 Å². The maximum absolute atomic E-state index is 13.0. The standard InChI is InChI=1S/C16H21NO5S2/c1-4-23(18,19)17-11-16(15-6-5-9-22-15)24(20,21)14-8-7-12(2)13(3)10-14/h5-10,16-17H,4,11H2,1-3H3/t16-/m0/s1. The highest BCUT2D eigenvalue weighted by atomic mass is 32.2. The van der Waals surface area contributed by atoms with Crippen LogP contribution in [0.2, 0.25) is 0 Å². The molecule has 6 nitrogen and oxygen atoms in total. The summed E-state index contributed by atoms with van der Waals surface area (Å²) in [6.07, 6.45) is 1.37. The van der Waals surface area contributed by atoms with Gasteiger partial charge in [-0.1, -0.05) is 6.07 Å². The Morgan fingerprint density at radius 2 is 1.79 bits per heavy atom. The van der Waals surface area contributed by atoms with Crippen molar-refractivity contribution in [2.75, 3.05) is 12.3 Å². The quantitative estimate of drug-likeness (QED) is 0.806. The average Bonchev–Trinajstić information content (AvgIpc) is 3.03. The van der Waals surface area contributed by atoms with Crippen LogP contribution in [0.25, 0.3) is 0 Å². The molecule has 0 saturated heterocycles. The average molecular weight is 371 g/mol. The number of hydrogen-bond donors (Lipinski definition) is 1. The third-order valence-electron chi connectivity index (χ3n) is 3.91. The van der Waals surface area contributed by atoms with Crippen molar-refractivity contribution in [2.24, 2.45) is 0 Å². The minimum Gasteiger partial charge on any atom is -0.468 e. The van der Waals surface area contributed by atoms with Crippen molar-refractivity contribution in [2.45, 2.75) is 30.9 Å². The minimum atomic E-state index is -3.81. The fourth-order valence-corrected chi connectivity index (χ4v) is 4.60. The van der Waals surface area contributed by atoms with Crippen molar-refractivity contribution in [1.29, 1.82) is 0 Å². The molecular weight excluding hydrogens is 350 g/mol. The first kappa shape index (κ1) is 18.7. The summed E-state index contributed by atoms with van der Waals surface area (Å²) in [5.41, 5.74) is 1.83. The summed E-state index contributed by atoms with van der Waals surface area (Å²) < 4.78 is 57.0. The molecule has 2 rings (SSSR count). The SMILES string of the molecule is CCS(=O)(=O)NC[C@@H](c1ccco1)S(=O)(=O)c1ccc(C)c(C)c1. The Hall–Kier alpha value is -1.64. The van der Waals surface area contributed by atoms with Crippen molar-refractivity contribution in [3.63, 3.8) is 0 Å². The van der Waals surface area contributed by atoms with Crippen LogP contribution >= 0.6 is 0 Å². The van der Waals surface area contributed by atoms with Gasteiger partial charge in [-0.2, -0.15) is 0 Å². The molecule has 1 atom stereocenters. The van der Waals surface area contributed by atoms with Crippen LogP contribution in [0.4, 0.5) is 0 Å². The van der Waals surface area contributed by atoms with E-state index in [1.165, 1.54) is 25.3 Å². The van der Waals surface area contributed by atoms with Crippen LogP contribution in [0.15, 0.2) is 45.9 Å². The van der Waals surface area contributed by atoms with Crippen molar-refractivity contribution in [3.05, 3.63) is 53.5 Å². The summed E-state index contributed by atoms with van der Waals surface area (Å²) in [4.78, 5) is 0.141. The summed E-state index contributed by atoms with van der Waals surface area (Å²) in [6, 6.07) is 7.96. The van der Waals surface area contributed by atoms with E-state index in [1.54, 1.807) is 18.2 Å². The van der Waals surface area contributed by atoms with Gasteiger partial charge < -0.3 is 4.42 Å². The predicted molar refractivity (Wildman–Crippen MR) is 92.0 cm³/mol. The Bertz CT molecular complexity index is 900. The molecular formula is C16H21NO5S2. The Morgan fingerprint density at radius 1 is 1.08 bits per heavy atom. The Kier molecular flexibility index (Phi) is 5.52. The van der Waals surface area contributed by atoms with Crippen molar-refractivity contribution in [1.82, 2.24) is 4.72 Å². The van der Waals surface area contributed by atoms with Gasteiger partial charge in [-0.25, -0.2) is 21.6 Å². The maximum atomic E-state index is 13.0. The predicted octanol–water partition coefficient (Wildman–Crippen LogP) is 2.35. The lowest BCUT2D eigenvalue weighted by molar-refractivity contribution is 0.486. The molecule has 1 aromatic heterocycles. The molecule has 0 bridgehead atoms. The number of hydrogen-bond acceptors (Lipinski definition) is 5. The molecule has 0 spiro atoms. The number of furan rings is 1. The van der Waals surface area contributed by atoms with Crippen molar-refractivity contribution >= 4 is 19.9 Å². The molecule has 0 radical (unpaired) electrons. The van der Waals surface area contributed by atoms with Crippen LogP contribution in [-0.4, -0.2) is 29.1 Å². The third-order valence-corrected chi connectivity index (χ3v) is 7.34. The molecule has 0 aliphatic heterocycles. The number of benzene rings is 1. The molecule has 0 saturated carbocycles. The van der Waals surface area contributed by atoms with E-state index >= 15 is 0 Å². The van der Waals surface area contributed by atoms with E-state index in [0.29, 0.717) is 0 Å². The van der Waals surface area contributed by atoms with Crippen LogP contribution in [0.1, 0.15) is 29.1 Å². The van der Waals surface area contributed by atoms with Crippen LogP contribution in [0.3, 0.4) is 0 Å². The van der Waals surface area contributed by atoms with E-state index in [2.05, 4.69) is 4.72 Å². The Labute approximate surface area is 142 Å².